The summed E-state index contributed by atoms with van der Waals surface area (Å²) in [6.07, 6.45) is -2.88. The van der Waals surface area contributed by atoms with Gasteiger partial charge in [-0.15, -0.1) is 0 Å². The molecule has 5 heteroatoms. The van der Waals surface area contributed by atoms with Crippen LogP contribution < -0.4 is 0 Å². The smallest absolute Gasteiger partial charge is 0.170 e. The van der Waals surface area contributed by atoms with E-state index in [2.05, 4.69) is 6.58 Å². The number of Topliss-reactive ketones (excluding diaryl/α,β-unsaturated/α-hetero) is 2. The number of aliphatic hydroxyl groups is 3. The van der Waals surface area contributed by atoms with Gasteiger partial charge in [-0.2, -0.15) is 0 Å². The number of carbonyl (C=O) groups excluding carboxylic acids is 2. The SMILES string of the molecule is C=C1C(=O)C[C@@]2(O)[C@H](O)C3=C([C@H](O)C(C)(C)C3=O)[C@@]12C. The van der Waals surface area contributed by atoms with Gasteiger partial charge in [0.1, 0.15) is 11.7 Å². The van der Waals surface area contributed by atoms with Crippen LogP contribution in [0.3, 0.4) is 0 Å². The van der Waals surface area contributed by atoms with Crippen LogP contribution in [0.1, 0.15) is 27.2 Å². The van der Waals surface area contributed by atoms with Crippen LogP contribution in [0.5, 0.6) is 0 Å². The molecular formula is C15H18O5. The van der Waals surface area contributed by atoms with Crippen molar-refractivity contribution in [1.82, 2.24) is 0 Å². The molecule has 0 aliphatic heterocycles. The van der Waals surface area contributed by atoms with Gasteiger partial charge in [0.25, 0.3) is 0 Å². The predicted molar refractivity (Wildman–Crippen MR) is 69.6 cm³/mol. The minimum atomic E-state index is -1.78. The molecule has 3 aliphatic carbocycles. The molecule has 0 spiro atoms. The molecule has 5 nitrogen and oxygen atoms in total. The third-order valence-corrected chi connectivity index (χ3v) is 5.58. The van der Waals surface area contributed by atoms with Gasteiger partial charge in [-0.25, -0.2) is 0 Å². The summed E-state index contributed by atoms with van der Waals surface area (Å²) >= 11 is 0. The molecule has 0 aromatic rings. The number of hydrogen-bond donors (Lipinski definition) is 3. The summed E-state index contributed by atoms with van der Waals surface area (Å²) in [5.74, 6) is -0.721. The first kappa shape index (κ1) is 13.7. The Morgan fingerprint density at radius 2 is 1.70 bits per heavy atom. The highest BCUT2D eigenvalue weighted by Crippen LogP contribution is 2.65. The van der Waals surface area contributed by atoms with Crippen molar-refractivity contribution in [1.29, 1.82) is 0 Å². The van der Waals surface area contributed by atoms with Crippen LogP contribution >= 0.6 is 0 Å². The minimum Gasteiger partial charge on any atom is -0.388 e. The Hall–Kier alpha value is -1.30. The van der Waals surface area contributed by atoms with E-state index in [-0.39, 0.29) is 34.7 Å². The zero-order valence-electron chi connectivity index (χ0n) is 11.7. The molecule has 0 heterocycles. The summed E-state index contributed by atoms with van der Waals surface area (Å²) in [6, 6.07) is 0. The lowest BCUT2D eigenvalue weighted by molar-refractivity contribution is -0.135. The number of rotatable bonds is 0. The van der Waals surface area contributed by atoms with Crippen molar-refractivity contribution in [3.63, 3.8) is 0 Å². The van der Waals surface area contributed by atoms with Crippen molar-refractivity contribution in [3.8, 4) is 0 Å². The van der Waals surface area contributed by atoms with E-state index in [1.165, 1.54) is 0 Å². The van der Waals surface area contributed by atoms with Crippen LogP contribution in [-0.4, -0.2) is 44.7 Å². The second kappa shape index (κ2) is 3.30. The standard InChI is InChI=1S/C15H18O5/c1-6-7(16)5-15(20)11(18)8-9(14(6,15)4)12(19)13(2,3)10(8)17/h11-12,18-20H,1,5H2,2-4H3/t11-,12+,14-,15-/m1/s1. The molecule has 0 amide bonds. The lowest BCUT2D eigenvalue weighted by atomic mass is 9.67. The molecule has 0 radical (unpaired) electrons. The normalized spacial score (nSPS) is 46.2. The van der Waals surface area contributed by atoms with Crippen LogP contribution in [0.2, 0.25) is 0 Å². The number of carbonyl (C=O) groups is 2. The molecule has 0 bridgehead atoms. The lowest BCUT2D eigenvalue weighted by Gasteiger charge is -2.41. The largest absolute Gasteiger partial charge is 0.388 e. The van der Waals surface area contributed by atoms with Crippen molar-refractivity contribution in [3.05, 3.63) is 23.3 Å². The van der Waals surface area contributed by atoms with Crippen LogP contribution in [0.25, 0.3) is 0 Å². The summed E-state index contributed by atoms with van der Waals surface area (Å²) < 4.78 is 0. The van der Waals surface area contributed by atoms with Gasteiger partial charge in [0, 0.05) is 17.6 Å². The molecule has 1 fully saturated rings. The van der Waals surface area contributed by atoms with Crippen molar-refractivity contribution in [2.45, 2.75) is 45.0 Å². The van der Waals surface area contributed by atoms with Gasteiger partial charge in [-0.05, 0) is 26.3 Å². The fourth-order valence-corrected chi connectivity index (χ4v) is 3.99. The second-order valence-electron chi connectivity index (χ2n) is 6.81. The Labute approximate surface area is 116 Å². The molecule has 108 valence electrons. The fraction of sp³-hybridized carbons (Fsp3) is 0.600. The molecule has 0 aromatic carbocycles. The van der Waals surface area contributed by atoms with Crippen molar-refractivity contribution in [2.75, 3.05) is 0 Å². The first-order chi connectivity index (χ1) is 9.01. The Bertz CT molecular complexity index is 614. The van der Waals surface area contributed by atoms with Crippen LogP contribution in [0, 0.1) is 10.8 Å². The van der Waals surface area contributed by atoms with Crippen molar-refractivity contribution < 1.29 is 24.9 Å². The topological polar surface area (TPSA) is 94.8 Å². The highest BCUT2D eigenvalue weighted by Gasteiger charge is 2.73. The summed E-state index contributed by atoms with van der Waals surface area (Å²) in [5, 5.41) is 31.7. The van der Waals surface area contributed by atoms with Crippen molar-refractivity contribution in [2.24, 2.45) is 10.8 Å². The maximum Gasteiger partial charge on any atom is 0.170 e. The maximum absolute atomic E-state index is 12.4. The maximum atomic E-state index is 12.4. The molecule has 1 saturated carbocycles. The van der Waals surface area contributed by atoms with Gasteiger partial charge in [0.2, 0.25) is 0 Å². The van der Waals surface area contributed by atoms with E-state index in [1.807, 2.05) is 0 Å². The molecule has 0 unspecified atom stereocenters. The predicted octanol–water partition coefficient (Wildman–Crippen LogP) is -0.106. The Morgan fingerprint density at radius 1 is 1.15 bits per heavy atom. The quantitative estimate of drug-likeness (QED) is 0.538. The monoisotopic (exact) mass is 278 g/mol. The van der Waals surface area contributed by atoms with E-state index in [0.29, 0.717) is 0 Å². The molecule has 0 aromatic heterocycles. The third kappa shape index (κ3) is 1.05. The van der Waals surface area contributed by atoms with E-state index in [9.17, 15) is 24.9 Å². The lowest BCUT2D eigenvalue weighted by Crippen LogP contribution is -2.52. The Kier molecular flexibility index (Phi) is 2.25. The Morgan fingerprint density at radius 3 is 2.25 bits per heavy atom. The molecule has 0 saturated heterocycles. The Balaban J connectivity index is 2.30. The van der Waals surface area contributed by atoms with E-state index in [0.717, 1.165) is 0 Å². The first-order valence-corrected chi connectivity index (χ1v) is 6.61. The highest BCUT2D eigenvalue weighted by atomic mass is 16.3. The van der Waals surface area contributed by atoms with Crippen LogP contribution in [-0.2, 0) is 9.59 Å². The van der Waals surface area contributed by atoms with E-state index in [1.54, 1.807) is 20.8 Å². The van der Waals surface area contributed by atoms with Gasteiger partial charge in [0.05, 0.1) is 16.9 Å². The summed E-state index contributed by atoms with van der Waals surface area (Å²) in [7, 11) is 0. The van der Waals surface area contributed by atoms with E-state index >= 15 is 0 Å². The molecule has 3 rings (SSSR count). The van der Waals surface area contributed by atoms with Gasteiger partial charge in [0.15, 0.2) is 11.6 Å². The number of aliphatic hydroxyl groups excluding tert-OH is 2. The van der Waals surface area contributed by atoms with Gasteiger partial charge >= 0.3 is 0 Å². The zero-order chi connectivity index (χ0) is 15.2. The highest BCUT2D eigenvalue weighted by molar-refractivity contribution is 6.10. The number of ketones is 2. The number of hydrogen-bond acceptors (Lipinski definition) is 5. The molecule has 3 aliphatic rings. The van der Waals surface area contributed by atoms with Crippen LogP contribution in [0.4, 0.5) is 0 Å². The minimum absolute atomic E-state index is 0.0566. The van der Waals surface area contributed by atoms with E-state index in [4.69, 9.17) is 0 Å². The molecular weight excluding hydrogens is 260 g/mol. The first-order valence-electron chi connectivity index (χ1n) is 6.61. The van der Waals surface area contributed by atoms with Gasteiger partial charge in [-0.1, -0.05) is 6.58 Å². The van der Waals surface area contributed by atoms with E-state index < -0.39 is 28.6 Å². The number of fused-ring (bicyclic) bond motifs is 2. The zero-order valence-corrected chi connectivity index (χ0v) is 11.7. The average molecular weight is 278 g/mol. The summed E-state index contributed by atoms with van der Waals surface area (Å²) in [5.41, 5.74) is -3.66. The molecule has 4 atom stereocenters. The van der Waals surface area contributed by atoms with Crippen molar-refractivity contribution >= 4 is 11.6 Å². The molecule has 20 heavy (non-hydrogen) atoms. The fourth-order valence-electron chi connectivity index (χ4n) is 3.99. The third-order valence-electron chi connectivity index (χ3n) is 5.58. The molecule has 3 N–H and O–H groups in total. The summed E-state index contributed by atoms with van der Waals surface area (Å²) in [4.78, 5) is 24.4. The average Bonchev–Trinajstić information content (AvgIpc) is 2.73. The van der Waals surface area contributed by atoms with Gasteiger partial charge < -0.3 is 15.3 Å². The second-order valence-corrected chi connectivity index (χ2v) is 6.81. The van der Waals surface area contributed by atoms with Gasteiger partial charge in [-0.3, -0.25) is 9.59 Å². The van der Waals surface area contributed by atoms with Crippen LogP contribution in [0.15, 0.2) is 23.3 Å². The summed E-state index contributed by atoms with van der Waals surface area (Å²) in [6.45, 7) is 8.47.